The molecule has 3 N–H and O–H groups in total. The van der Waals surface area contributed by atoms with Crippen LogP contribution in [0.2, 0.25) is 0 Å². The summed E-state index contributed by atoms with van der Waals surface area (Å²) < 4.78 is 0. The monoisotopic (exact) mass is 507 g/mol. The molecule has 4 rings (SSSR count). The third kappa shape index (κ3) is 6.31. The summed E-state index contributed by atoms with van der Waals surface area (Å²) in [6.45, 7) is 3.57. The Labute approximate surface area is 221 Å². The number of aryl methyl sites for hydroxylation is 2. The number of benzene rings is 3. The molecule has 7 nitrogen and oxygen atoms in total. The molecule has 38 heavy (non-hydrogen) atoms. The number of carboxylic acid groups (broad SMARTS) is 1. The van der Waals surface area contributed by atoms with Gasteiger partial charge in [-0.05, 0) is 65.9 Å². The summed E-state index contributed by atoms with van der Waals surface area (Å²) in [5.41, 5.74) is 7.98. The van der Waals surface area contributed by atoms with E-state index >= 15 is 0 Å². The minimum atomic E-state index is -1.09. The number of pyridine rings is 1. The van der Waals surface area contributed by atoms with Gasteiger partial charge in [-0.15, -0.1) is 0 Å². The summed E-state index contributed by atoms with van der Waals surface area (Å²) in [7, 11) is 0. The van der Waals surface area contributed by atoms with Crippen LogP contribution in [0.5, 0.6) is 0 Å². The number of carbonyl (C=O) groups excluding carboxylic acids is 1. The van der Waals surface area contributed by atoms with Crippen molar-refractivity contribution in [1.82, 2.24) is 10.3 Å². The van der Waals surface area contributed by atoms with Crippen LogP contribution in [0.1, 0.15) is 50.6 Å². The van der Waals surface area contributed by atoms with Crippen molar-refractivity contribution >= 4 is 17.6 Å². The van der Waals surface area contributed by atoms with E-state index in [0.29, 0.717) is 17.7 Å². The summed E-state index contributed by atoms with van der Waals surface area (Å²) in [6.07, 6.45) is 2.22. The molecule has 0 aliphatic rings. The van der Waals surface area contributed by atoms with Crippen LogP contribution in [0.4, 0.5) is 0 Å². The van der Waals surface area contributed by atoms with Crippen molar-refractivity contribution in [1.29, 1.82) is 0 Å². The number of aromatic nitrogens is 1. The van der Waals surface area contributed by atoms with Crippen LogP contribution >= 0.6 is 0 Å². The van der Waals surface area contributed by atoms with Crippen molar-refractivity contribution in [3.8, 4) is 11.1 Å². The number of oxime groups is 1. The average molecular weight is 508 g/mol. The van der Waals surface area contributed by atoms with Crippen molar-refractivity contribution in [2.75, 3.05) is 6.54 Å². The SMILES string of the molecule is Cc1cc(/C(CC(c2ccc(-c3ccc(C(=O)NCC(=O)O)cc3)cc2)c2ccccc2C)=N\O)ccn1. The number of amides is 1. The standard InChI is InChI=1S/C31H29N3O4/c1-20-5-3-4-6-27(20)28(18-29(34-38)26-15-16-32-21(2)17-26)24-11-7-22(8-12-24)23-9-13-25(14-10-23)31(37)33-19-30(35)36/h3-17,28,38H,18-19H2,1-2H3,(H,33,37)(H,35,36)/b34-29-. The smallest absolute Gasteiger partial charge is 0.322 e. The fraction of sp³-hybridized carbons (Fsp3) is 0.161. The first kappa shape index (κ1) is 26.3. The minimum Gasteiger partial charge on any atom is -0.480 e. The molecule has 0 aliphatic heterocycles. The number of hydrogen-bond donors (Lipinski definition) is 3. The highest BCUT2D eigenvalue weighted by atomic mass is 16.4. The van der Waals surface area contributed by atoms with E-state index in [9.17, 15) is 14.8 Å². The van der Waals surface area contributed by atoms with E-state index in [1.54, 1.807) is 18.3 Å². The van der Waals surface area contributed by atoms with Gasteiger partial charge in [0.05, 0.1) is 5.71 Å². The molecule has 0 bridgehead atoms. The third-order valence-corrected chi connectivity index (χ3v) is 6.51. The molecule has 1 atom stereocenters. The maximum absolute atomic E-state index is 12.1. The maximum Gasteiger partial charge on any atom is 0.322 e. The summed E-state index contributed by atoms with van der Waals surface area (Å²) in [4.78, 5) is 27.0. The highest BCUT2D eigenvalue weighted by molar-refractivity contribution is 6.01. The molecule has 1 unspecified atom stereocenters. The Morgan fingerprint density at radius 1 is 0.895 bits per heavy atom. The lowest BCUT2D eigenvalue weighted by atomic mass is 9.83. The Bertz CT molecular complexity index is 1460. The normalized spacial score (nSPS) is 12.1. The van der Waals surface area contributed by atoms with Crippen molar-refractivity contribution in [3.05, 3.63) is 125 Å². The van der Waals surface area contributed by atoms with Gasteiger partial charge in [-0.3, -0.25) is 14.6 Å². The van der Waals surface area contributed by atoms with Crippen LogP contribution < -0.4 is 5.32 Å². The number of nitrogens with zero attached hydrogens (tertiary/aromatic N) is 2. The lowest BCUT2D eigenvalue weighted by molar-refractivity contribution is -0.135. The molecule has 0 spiro atoms. The van der Waals surface area contributed by atoms with Crippen molar-refractivity contribution in [2.45, 2.75) is 26.2 Å². The average Bonchev–Trinajstić information content (AvgIpc) is 2.93. The molecule has 192 valence electrons. The molecule has 1 aromatic heterocycles. The molecule has 1 amide bonds. The number of hydrogen-bond acceptors (Lipinski definition) is 5. The zero-order valence-corrected chi connectivity index (χ0v) is 21.3. The first-order chi connectivity index (χ1) is 18.4. The van der Waals surface area contributed by atoms with Crippen LogP contribution in [-0.4, -0.2) is 39.4 Å². The third-order valence-electron chi connectivity index (χ3n) is 6.51. The van der Waals surface area contributed by atoms with Crippen LogP contribution in [0.3, 0.4) is 0 Å². The molecule has 1 heterocycles. The van der Waals surface area contributed by atoms with E-state index in [2.05, 4.69) is 46.6 Å². The van der Waals surface area contributed by atoms with Gasteiger partial charge in [0.2, 0.25) is 0 Å². The summed E-state index contributed by atoms with van der Waals surface area (Å²) in [5, 5.41) is 24.7. The van der Waals surface area contributed by atoms with Gasteiger partial charge in [0.15, 0.2) is 0 Å². The molecular formula is C31H29N3O4. The zero-order valence-electron chi connectivity index (χ0n) is 21.3. The number of aliphatic carboxylic acids is 1. The predicted molar refractivity (Wildman–Crippen MR) is 147 cm³/mol. The zero-order chi connectivity index (χ0) is 27.1. The topological polar surface area (TPSA) is 112 Å². The Kier molecular flexibility index (Phi) is 8.28. The van der Waals surface area contributed by atoms with Crippen molar-refractivity contribution in [3.63, 3.8) is 0 Å². The molecule has 4 aromatic rings. The predicted octanol–water partition coefficient (Wildman–Crippen LogP) is 5.58. The maximum atomic E-state index is 12.1. The number of carbonyl (C=O) groups is 2. The fourth-order valence-corrected chi connectivity index (χ4v) is 4.50. The van der Waals surface area contributed by atoms with Gasteiger partial charge in [-0.2, -0.15) is 0 Å². The molecule has 3 aromatic carbocycles. The second-order valence-corrected chi connectivity index (χ2v) is 9.12. The van der Waals surface area contributed by atoms with E-state index in [1.807, 2.05) is 55.5 Å². The van der Waals surface area contributed by atoms with E-state index in [0.717, 1.165) is 39.1 Å². The van der Waals surface area contributed by atoms with Crippen molar-refractivity contribution < 1.29 is 19.9 Å². The fourth-order valence-electron chi connectivity index (χ4n) is 4.50. The number of carboxylic acids is 1. The quantitative estimate of drug-likeness (QED) is 0.156. The first-order valence-corrected chi connectivity index (χ1v) is 12.3. The van der Waals surface area contributed by atoms with E-state index < -0.39 is 18.4 Å². The highest BCUT2D eigenvalue weighted by Gasteiger charge is 2.20. The molecule has 0 fully saturated rings. The summed E-state index contributed by atoms with van der Waals surface area (Å²) in [6, 6.07) is 27.2. The van der Waals surface area contributed by atoms with Gasteiger partial charge in [0.25, 0.3) is 5.91 Å². The number of nitrogens with one attached hydrogen (secondary N) is 1. The Balaban J connectivity index is 1.61. The van der Waals surface area contributed by atoms with Crippen molar-refractivity contribution in [2.24, 2.45) is 5.16 Å². The van der Waals surface area contributed by atoms with Gasteiger partial charge in [0, 0.05) is 35.4 Å². The molecule has 7 heteroatoms. The second kappa shape index (κ2) is 12.0. The summed E-state index contributed by atoms with van der Waals surface area (Å²) in [5.74, 6) is -1.56. The largest absolute Gasteiger partial charge is 0.480 e. The summed E-state index contributed by atoms with van der Waals surface area (Å²) >= 11 is 0. The van der Waals surface area contributed by atoms with Gasteiger partial charge in [0.1, 0.15) is 6.54 Å². The lowest BCUT2D eigenvalue weighted by Gasteiger charge is -2.21. The van der Waals surface area contributed by atoms with E-state index in [1.165, 1.54) is 0 Å². The Morgan fingerprint density at radius 2 is 1.55 bits per heavy atom. The van der Waals surface area contributed by atoms with E-state index in [-0.39, 0.29) is 5.92 Å². The Hall–Kier alpha value is -4.78. The molecule has 0 aliphatic carbocycles. The molecule has 0 radical (unpaired) electrons. The number of rotatable bonds is 9. The van der Waals surface area contributed by atoms with Gasteiger partial charge >= 0.3 is 5.97 Å². The Morgan fingerprint density at radius 3 is 2.16 bits per heavy atom. The van der Waals surface area contributed by atoms with Gasteiger partial charge in [-0.25, -0.2) is 0 Å². The van der Waals surface area contributed by atoms with Crippen LogP contribution in [0.25, 0.3) is 11.1 Å². The van der Waals surface area contributed by atoms with Gasteiger partial charge < -0.3 is 15.6 Å². The minimum absolute atomic E-state index is 0.0371. The second-order valence-electron chi connectivity index (χ2n) is 9.12. The van der Waals surface area contributed by atoms with Crippen LogP contribution in [0, 0.1) is 13.8 Å². The van der Waals surface area contributed by atoms with Crippen LogP contribution in [-0.2, 0) is 4.79 Å². The first-order valence-electron chi connectivity index (χ1n) is 12.3. The lowest BCUT2D eigenvalue weighted by Crippen LogP contribution is -2.29. The molecule has 0 saturated carbocycles. The highest BCUT2D eigenvalue weighted by Crippen LogP contribution is 2.33. The van der Waals surface area contributed by atoms with Gasteiger partial charge in [-0.1, -0.05) is 65.8 Å². The van der Waals surface area contributed by atoms with Crippen LogP contribution in [0.15, 0.2) is 96.3 Å². The molecule has 0 saturated heterocycles. The van der Waals surface area contributed by atoms with E-state index in [4.69, 9.17) is 5.11 Å². The molecular weight excluding hydrogens is 478 g/mol.